The van der Waals surface area contributed by atoms with E-state index in [4.69, 9.17) is 0 Å². The number of Topliss-reactive ketones (excluding diaryl/α,β-unsaturated/α-hetero) is 1. The molecule has 0 aromatic carbocycles. The molecule has 1 heterocycles. The molecular weight excluding hydrogens is 204 g/mol. The standard InChI is InChI=1S/C13H16OS/c1-3-13(2)9-10(6-7-12(13)14)11-5-4-8-15-11/h4-6,8H,3,7,9H2,1-2H3. The molecular formula is C13H16OS. The van der Waals surface area contributed by atoms with Crippen molar-refractivity contribution in [3.63, 3.8) is 0 Å². The maximum Gasteiger partial charge on any atom is 0.142 e. The Morgan fingerprint density at radius 2 is 2.33 bits per heavy atom. The van der Waals surface area contributed by atoms with Gasteiger partial charge in [-0.1, -0.05) is 26.0 Å². The zero-order chi connectivity index (χ0) is 10.9. The average Bonchev–Trinajstić information content (AvgIpc) is 2.75. The highest BCUT2D eigenvalue weighted by atomic mass is 32.1. The van der Waals surface area contributed by atoms with E-state index in [0.29, 0.717) is 12.2 Å². The third kappa shape index (κ3) is 1.91. The number of thiophene rings is 1. The van der Waals surface area contributed by atoms with E-state index in [2.05, 4.69) is 37.4 Å². The van der Waals surface area contributed by atoms with Crippen molar-refractivity contribution in [1.29, 1.82) is 0 Å². The molecule has 1 aromatic heterocycles. The van der Waals surface area contributed by atoms with E-state index in [0.717, 1.165) is 12.8 Å². The molecule has 0 amide bonds. The van der Waals surface area contributed by atoms with Crippen molar-refractivity contribution in [1.82, 2.24) is 0 Å². The number of hydrogen-bond acceptors (Lipinski definition) is 2. The maximum absolute atomic E-state index is 11.8. The van der Waals surface area contributed by atoms with Crippen LogP contribution < -0.4 is 0 Å². The van der Waals surface area contributed by atoms with Crippen LogP contribution in [-0.2, 0) is 4.79 Å². The van der Waals surface area contributed by atoms with Gasteiger partial charge in [-0.2, -0.15) is 0 Å². The molecule has 2 heteroatoms. The van der Waals surface area contributed by atoms with Crippen LogP contribution in [0.3, 0.4) is 0 Å². The Labute approximate surface area is 94.8 Å². The molecule has 0 fully saturated rings. The van der Waals surface area contributed by atoms with Crippen LogP contribution in [0.4, 0.5) is 0 Å². The molecule has 0 bridgehead atoms. The molecule has 1 atom stereocenters. The highest BCUT2D eigenvalue weighted by Crippen LogP contribution is 2.40. The quantitative estimate of drug-likeness (QED) is 0.738. The van der Waals surface area contributed by atoms with Gasteiger partial charge in [-0.3, -0.25) is 4.79 Å². The van der Waals surface area contributed by atoms with E-state index in [1.807, 2.05) is 0 Å². The second-order valence-corrected chi connectivity index (χ2v) is 5.37. The topological polar surface area (TPSA) is 17.1 Å². The monoisotopic (exact) mass is 220 g/mol. The normalized spacial score (nSPS) is 26.5. The van der Waals surface area contributed by atoms with Crippen molar-refractivity contribution < 1.29 is 4.79 Å². The minimum absolute atomic E-state index is 0.131. The van der Waals surface area contributed by atoms with E-state index >= 15 is 0 Å². The van der Waals surface area contributed by atoms with E-state index in [1.165, 1.54) is 10.5 Å². The fraction of sp³-hybridized carbons (Fsp3) is 0.462. The summed E-state index contributed by atoms with van der Waals surface area (Å²) >= 11 is 1.76. The van der Waals surface area contributed by atoms with Gasteiger partial charge in [0.15, 0.2) is 0 Å². The van der Waals surface area contributed by atoms with Gasteiger partial charge in [-0.15, -0.1) is 11.3 Å². The van der Waals surface area contributed by atoms with E-state index < -0.39 is 0 Å². The second kappa shape index (κ2) is 3.93. The van der Waals surface area contributed by atoms with Crippen molar-refractivity contribution in [3.05, 3.63) is 28.5 Å². The second-order valence-electron chi connectivity index (χ2n) is 4.42. The van der Waals surface area contributed by atoms with Crippen molar-refractivity contribution in [2.45, 2.75) is 33.1 Å². The van der Waals surface area contributed by atoms with Crippen molar-refractivity contribution in [3.8, 4) is 0 Å². The number of rotatable bonds is 2. The molecule has 1 aliphatic rings. The van der Waals surface area contributed by atoms with Crippen LogP contribution >= 0.6 is 11.3 Å². The molecule has 0 spiro atoms. The first-order chi connectivity index (χ1) is 7.15. The lowest BCUT2D eigenvalue weighted by molar-refractivity contribution is -0.127. The Bertz CT molecular complexity index is 389. The number of allylic oxidation sites excluding steroid dienone is 2. The summed E-state index contributed by atoms with van der Waals surface area (Å²) in [7, 11) is 0. The largest absolute Gasteiger partial charge is 0.299 e. The lowest BCUT2D eigenvalue weighted by Crippen LogP contribution is -2.29. The number of hydrogen-bond donors (Lipinski definition) is 0. The third-order valence-corrected chi connectivity index (χ3v) is 4.35. The molecule has 1 nitrogen and oxygen atoms in total. The van der Waals surface area contributed by atoms with Gasteiger partial charge in [-0.05, 0) is 29.9 Å². The molecule has 0 radical (unpaired) electrons. The van der Waals surface area contributed by atoms with E-state index in [9.17, 15) is 4.79 Å². The van der Waals surface area contributed by atoms with Gasteiger partial charge in [0.2, 0.25) is 0 Å². The Hall–Kier alpha value is -0.890. The van der Waals surface area contributed by atoms with Crippen molar-refractivity contribution >= 4 is 22.7 Å². The average molecular weight is 220 g/mol. The number of carbonyl (C=O) groups is 1. The van der Waals surface area contributed by atoms with Gasteiger partial charge in [0, 0.05) is 16.7 Å². The summed E-state index contributed by atoms with van der Waals surface area (Å²) in [5, 5.41) is 2.09. The van der Waals surface area contributed by atoms with Crippen molar-refractivity contribution in [2.24, 2.45) is 5.41 Å². The first-order valence-electron chi connectivity index (χ1n) is 5.42. The molecule has 0 saturated heterocycles. The van der Waals surface area contributed by atoms with Gasteiger partial charge in [0.1, 0.15) is 5.78 Å². The molecule has 15 heavy (non-hydrogen) atoms. The van der Waals surface area contributed by atoms with E-state index in [-0.39, 0.29) is 5.41 Å². The minimum Gasteiger partial charge on any atom is -0.299 e. The van der Waals surface area contributed by atoms with Crippen LogP contribution in [0.5, 0.6) is 0 Å². The fourth-order valence-electron chi connectivity index (χ4n) is 2.02. The fourth-order valence-corrected chi connectivity index (χ4v) is 2.79. The van der Waals surface area contributed by atoms with Gasteiger partial charge < -0.3 is 0 Å². The summed E-state index contributed by atoms with van der Waals surface area (Å²) in [6.45, 7) is 4.20. The maximum atomic E-state index is 11.8. The summed E-state index contributed by atoms with van der Waals surface area (Å²) in [4.78, 5) is 13.1. The first kappa shape index (κ1) is 10.6. The smallest absolute Gasteiger partial charge is 0.142 e. The molecule has 0 saturated carbocycles. The molecule has 1 aromatic rings. The van der Waals surface area contributed by atoms with Crippen LogP contribution in [0.15, 0.2) is 23.6 Å². The highest BCUT2D eigenvalue weighted by molar-refractivity contribution is 7.11. The predicted octanol–water partition coefficient (Wildman–Crippen LogP) is 3.91. The molecule has 1 unspecified atom stereocenters. The highest BCUT2D eigenvalue weighted by Gasteiger charge is 2.34. The van der Waals surface area contributed by atoms with Gasteiger partial charge in [0.05, 0.1) is 0 Å². The molecule has 1 aliphatic carbocycles. The third-order valence-electron chi connectivity index (χ3n) is 3.41. The summed E-state index contributed by atoms with van der Waals surface area (Å²) < 4.78 is 0. The minimum atomic E-state index is -0.131. The molecule has 80 valence electrons. The van der Waals surface area contributed by atoms with Crippen LogP contribution in [-0.4, -0.2) is 5.78 Å². The summed E-state index contributed by atoms with van der Waals surface area (Å²) in [6.07, 6.45) is 4.56. The Kier molecular flexibility index (Phi) is 2.79. The predicted molar refractivity (Wildman–Crippen MR) is 64.9 cm³/mol. The summed E-state index contributed by atoms with van der Waals surface area (Å²) in [5.41, 5.74) is 1.22. The summed E-state index contributed by atoms with van der Waals surface area (Å²) in [5.74, 6) is 0.394. The first-order valence-corrected chi connectivity index (χ1v) is 6.30. The van der Waals surface area contributed by atoms with Gasteiger partial charge in [0.25, 0.3) is 0 Å². The number of ketones is 1. The molecule has 0 aliphatic heterocycles. The lowest BCUT2D eigenvalue weighted by Gasteiger charge is -2.30. The van der Waals surface area contributed by atoms with Crippen LogP contribution in [0, 0.1) is 5.41 Å². The molecule has 0 N–H and O–H groups in total. The Balaban J connectivity index is 2.28. The van der Waals surface area contributed by atoms with Crippen molar-refractivity contribution in [2.75, 3.05) is 0 Å². The van der Waals surface area contributed by atoms with Crippen LogP contribution in [0.1, 0.15) is 38.0 Å². The van der Waals surface area contributed by atoms with Gasteiger partial charge in [-0.25, -0.2) is 0 Å². The SMILES string of the molecule is CCC1(C)CC(c2cccs2)=CCC1=O. The Morgan fingerprint density at radius 1 is 1.53 bits per heavy atom. The zero-order valence-electron chi connectivity index (χ0n) is 9.25. The van der Waals surface area contributed by atoms with Crippen LogP contribution in [0.25, 0.3) is 5.57 Å². The zero-order valence-corrected chi connectivity index (χ0v) is 10.1. The lowest BCUT2D eigenvalue weighted by atomic mass is 9.72. The number of carbonyl (C=O) groups excluding carboxylic acids is 1. The van der Waals surface area contributed by atoms with E-state index in [1.54, 1.807) is 11.3 Å². The summed E-state index contributed by atoms with van der Waals surface area (Å²) in [6, 6.07) is 4.21. The Morgan fingerprint density at radius 3 is 2.93 bits per heavy atom. The van der Waals surface area contributed by atoms with Crippen LogP contribution in [0.2, 0.25) is 0 Å². The molecule has 2 rings (SSSR count). The van der Waals surface area contributed by atoms with Gasteiger partial charge >= 0.3 is 0 Å².